The molecule has 0 aliphatic rings. The molecule has 0 radical (unpaired) electrons. The summed E-state index contributed by atoms with van der Waals surface area (Å²) in [5, 5.41) is 2.78. The van der Waals surface area contributed by atoms with Crippen LogP contribution in [0.25, 0.3) is 0 Å². The van der Waals surface area contributed by atoms with Crippen molar-refractivity contribution in [2.75, 3.05) is 6.54 Å². The maximum absolute atomic E-state index is 11.9. The zero-order chi connectivity index (χ0) is 13.5. The first kappa shape index (κ1) is 14.8. The number of hydrogen-bond acceptors (Lipinski definition) is 2. The summed E-state index contributed by atoms with van der Waals surface area (Å²) in [5.41, 5.74) is 5.65. The third-order valence-corrected chi connectivity index (χ3v) is 2.88. The molecule has 0 spiro atoms. The van der Waals surface area contributed by atoms with Crippen LogP contribution in [0.1, 0.15) is 36.7 Å². The predicted molar refractivity (Wildman–Crippen MR) is 73.2 cm³/mol. The molecule has 0 atom stereocenters. The lowest BCUT2D eigenvalue weighted by molar-refractivity contribution is -0.118. The summed E-state index contributed by atoms with van der Waals surface area (Å²) in [6, 6.07) is 1.79. The van der Waals surface area contributed by atoms with Crippen LogP contribution >= 0.6 is 15.9 Å². The van der Waals surface area contributed by atoms with Gasteiger partial charge in [0.1, 0.15) is 5.69 Å². The third-order valence-electron chi connectivity index (χ3n) is 2.45. The molecule has 2 amide bonds. The molecule has 0 aliphatic heterocycles. The minimum atomic E-state index is -0.346. The number of halogens is 1. The van der Waals surface area contributed by atoms with Crippen molar-refractivity contribution in [1.82, 2.24) is 9.88 Å². The van der Waals surface area contributed by atoms with Crippen molar-refractivity contribution >= 4 is 27.7 Å². The Balaban J connectivity index is 2.52. The average molecular weight is 316 g/mol. The van der Waals surface area contributed by atoms with Crippen LogP contribution in [-0.4, -0.2) is 22.9 Å². The first-order valence-electron chi connectivity index (χ1n) is 5.96. The molecule has 6 heteroatoms. The van der Waals surface area contributed by atoms with Gasteiger partial charge < -0.3 is 15.6 Å². The second kappa shape index (κ2) is 7.20. The number of aryl methyl sites for hydroxylation is 1. The van der Waals surface area contributed by atoms with E-state index in [1.807, 2.05) is 10.8 Å². The summed E-state index contributed by atoms with van der Waals surface area (Å²) in [7, 11) is 0. The lowest BCUT2D eigenvalue weighted by Gasteiger charge is -2.08. The van der Waals surface area contributed by atoms with Crippen LogP contribution in [0.5, 0.6) is 0 Å². The summed E-state index contributed by atoms with van der Waals surface area (Å²) in [6.07, 6.45) is 3.71. The Hall–Kier alpha value is -1.30. The molecular weight excluding hydrogens is 298 g/mol. The number of aromatic nitrogens is 1. The van der Waals surface area contributed by atoms with Crippen molar-refractivity contribution in [3.05, 3.63) is 22.4 Å². The summed E-state index contributed by atoms with van der Waals surface area (Å²) < 4.78 is 2.80. The van der Waals surface area contributed by atoms with Crippen molar-refractivity contribution < 1.29 is 9.59 Å². The third kappa shape index (κ3) is 4.52. The molecule has 0 saturated heterocycles. The molecule has 0 saturated carbocycles. The molecule has 0 aliphatic carbocycles. The Bertz CT molecular complexity index is 429. The zero-order valence-electron chi connectivity index (χ0n) is 10.4. The van der Waals surface area contributed by atoms with Gasteiger partial charge in [-0.1, -0.05) is 6.92 Å². The summed E-state index contributed by atoms with van der Waals surface area (Å²) in [6.45, 7) is 3.31. The number of rotatable bonds is 7. The highest BCUT2D eigenvalue weighted by atomic mass is 79.9. The van der Waals surface area contributed by atoms with E-state index in [1.165, 1.54) is 0 Å². The molecule has 1 aromatic rings. The molecule has 3 N–H and O–H groups in total. The fraction of sp³-hybridized carbons (Fsp3) is 0.500. The predicted octanol–water partition coefficient (Wildman–Crippen LogP) is 1.66. The Labute approximate surface area is 115 Å². The number of nitrogens with zero attached hydrogens (tertiary/aromatic N) is 1. The Morgan fingerprint density at radius 1 is 1.50 bits per heavy atom. The van der Waals surface area contributed by atoms with Gasteiger partial charge in [0.25, 0.3) is 5.91 Å². The normalized spacial score (nSPS) is 10.3. The monoisotopic (exact) mass is 315 g/mol. The van der Waals surface area contributed by atoms with Gasteiger partial charge in [0.2, 0.25) is 5.91 Å². The first-order valence-corrected chi connectivity index (χ1v) is 6.76. The lowest BCUT2D eigenvalue weighted by atomic mass is 10.3. The molecule has 1 heterocycles. The van der Waals surface area contributed by atoms with E-state index in [2.05, 4.69) is 28.2 Å². The Morgan fingerprint density at radius 3 is 2.83 bits per heavy atom. The number of carbonyl (C=O) groups is 2. The fourth-order valence-corrected chi connectivity index (χ4v) is 2.11. The molecule has 100 valence electrons. The molecule has 1 rings (SSSR count). The maximum Gasteiger partial charge on any atom is 0.267 e. The highest BCUT2D eigenvalue weighted by Gasteiger charge is 2.12. The molecule has 5 nitrogen and oxygen atoms in total. The fourth-order valence-electron chi connectivity index (χ4n) is 1.65. The number of nitrogens with one attached hydrogen (secondary N) is 1. The van der Waals surface area contributed by atoms with Crippen LogP contribution in [0.2, 0.25) is 0 Å². The van der Waals surface area contributed by atoms with Crippen molar-refractivity contribution in [2.45, 2.75) is 32.7 Å². The molecule has 0 bridgehead atoms. The van der Waals surface area contributed by atoms with E-state index in [1.54, 1.807) is 6.07 Å². The van der Waals surface area contributed by atoms with Crippen LogP contribution in [0.15, 0.2) is 16.7 Å². The second-order valence-corrected chi connectivity index (χ2v) is 4.98. The van der Waals surface area contributed by atoms with Gasteiger partial charge in [-0.15, -0.1) is 0 Å². The first-order chi connectivity index (χ1) is 8.54. The average Bonchev–Trinajstić information content (AvgIpc) is 2.66. The van der Waals surface area contributed by atoms with Crippen LogP contribution in [-0.2, 0) is 11.3 Å². The highest BCUT2D eigenvalue weighted by Crippen LogP contribution is 2.15. The van der Waals surface area contributed by atoms with Gasteiger partial charge >= 0.3 is 0 Å². The standard InChI is InChI=1S/C12H18BrN3O2/c1-2-6-16-8-9(13)7-10(16)12(18)15-5-3-4-11(14)17/h7-8H,2-6H2,1H3,(H2,14,17)(H,15,18). The van der Waals surface area contributed by atoms with Crippen molar-refractivity contribution in [3.8, 4) is 0 Å². The number of nitrogens with two attached hydrogens (primary N) is 1. The van der Waals surface area contributed by atoms with Gasteiger partial charge in [0, 0.05) is 30.2 Å². The van der Waals surface area contributed by atoms with Crippen molar-refractivity contribution in [2.24, 2.45) is 5.73 Å². The molecule has 0 fully saturated rings. The van der Waals surface area contributed by atoms with Crippen LogP contribution < -0.4 is 11.1 Å². The topological polar surface area (TPSA) is 77.1 Å². The SMILES string of the molecule is CCCn1cc(Br)cc1C(=O)NCCCC(N)=O. The van der Waals surface area contributed by atoms with Gasteiger partial charge in [0.15, 0.2) is 0 Å². The zero-order valence-corrected chi connectivity index (χ0v) is 12.0. The van der Waals surface area contributed by atoms with Crippen LogP contribution in [0.3, 0.4) is 0 Å². The largest absolute Gasteiger partial charge is 0.370 e. The number of amides is 2. The second-order valence-electron chi connectivity index (χ2n) is 4.06. The number of carbonyl (C=O) groups excluding carboxylic acids is 2. The molecule has 18 heavy (non-hydrogen) atoms. The molecule has 0 aromatic carbocycles. The van der Waals surface area contributed by atoms with Gasteiger partial charge in [0.05, 0.1) is 0 Å². The van der Waals surface area contributed by atoms with E-state index < -0.39 is 0 Å². The highest BCUT2D eigenvalue weighted by molar-refractivity contribution is 9.10. The van der Waals surface area contributed by atoms with Crippen molar-refractivity contribution in [3.63, 3.8) is 0 Å². The molecule has 0 unspecified atom stereocenters. The number of primary amides is 1. The quantitative estimate of drug-likeness (QED) is 0.751. The Kier molecular flexibility index (Phi) is 5.91. The van der Waals surface area contributed by atoms with E-state index in [0.29, 0.717) is 25.1 Å². The molecular formula is C12H18BrN3O2. The lowest BCUT2D eigenvalue weighted by Crippen LogP contribution is -2.27. The van der Waals surface area contributed by atoms with Crippen LogP contribution in [0, 0.1) is 0 Å². The minimum absolute atomic E-state index is 0.126. The van der Waals surface area contributed by atoms with E-state index in [0.717, 1.165) is 17.4 Å². The number of hydrogen-bond donors (Lipinski definition) is 2. The minimum Gasteiger partial charge on any atom is -0.370 e. The summed E-state index contributed by atoms with van der Waals surface area (Å²) in [4.78, 5) is 22.5. The maximum atomic E-state index is 11.9. The van der Waals surface area contributed by atoms with E-state index >= 15 is 0 Å². The van der Waals surface area contributed by atoms with E-state index in [9.17, 15) is 9.59 Å². The van der Waals surface area contributed by atoms with Gasteiger partial charge in [-0.05, 0) is 34.8 Å². The van der Waals surface area contributed by atoms with Gasteiger partial charge in [-0.2, -0.15) is 0 Å². The van der Waals surface area contributed by atoms with E-state index in [-0.39, 0.29) is 11.8 Å². The molecule has 1 aromatic heterocycles. The van der Waals surface area contributed by atoms with Crippen molar-refractivity contribution in [1.29, 1.82) is 0 Å². The van der Waals surface area contributed by atoms with Crippen LogP contribution in [0.4, 0.5) is 0 Å². The van der Waals surface area contributed by atoms with E-state index in [4.69, 9.17) is 5.73 Å². The van der Waals surface area contributed by atoms with Gasteiger partial charge in [-0.25, -0.2) is 0 Å². The van der Waals surface area contributed by atoms with Gasteiger partial charge in [-0.3, -0.25) is 9.59 Å². The summed E-state index contributed by atoms with van der Waals surface area (Å²) >= 11 is 3.36. The Morgan fingerprint density at radius 2 is 2.22 bits per heavy atom. The smallest absolute Gasteiger partial charge is 0.267 e. The summed E-state index contributed by atoms with van der Waals surface area (Å²) in [5.74, 6) is -0.472.